The van der Waals surface area contributed by atoms with Gasteiger partial charge in [0, 0.05) is 0 Å². The summed E-state index contributed by atoms with van der Waals surface area (Å²) in [4.78, 5) is 23.1. The first kappa shape index (κ1) is 21.9. The number of nitro groups is 1. The molecule has 0 radical (unpaired) electrons. The van der Waals surface area contributed by atoms with E-state index in [1.165, 1.54) is 36.9 Å². The normalized spacial score (nSPS) is 11.6. The molecule has 0 fully saturated rings. The molecule has 0 aliphatic rings. The number of hydrogen-bond donors (Lipinski definition) is 1. The van der Waals surface area contributed by atoms with Crippen molar-refractivity contribution in [3.8, 4) is 11.5 Å². The van der Waals surface area contributed by atoms with Crippen molar-refractivity contribution >= 4 is 17.3 Å². The minimum atomic E-state index is -0.600. The lowest BCUT2D eigenvalue weighted by Crippen LogP contribution is -2.12. The quantitative estimate of drug-likeness (QED) is 0.357. The SMILES string of the molecule is CCC(C)c1ccc(OCc2ccc(C(=O)Nc3ccc(OC)cc3[N+](=O)[O-])o2)cc1. The topological polar surface area (TPSA) is 104 Å². The molecule has 3 aromatic rings. The first-order valence-electron chi connectivity index (χ1n) is 9.86. The number of nitro benzene ring substituents is 1. The third kappa shape index (κ3) is 5.42. The number of hydrogen-bond acceptors (Lipinski definition) is 6. The van der Waals surface area contributed by atoms with Crippen LogP contribution in [0.15, 0.2) is 59.0 Å². The maximum absolute atomic E-state index is 12.5. The van der Waals surface area contributed by atoms with Gasteiger partial charge in [0.05, 0.1) is 18.1 Å². The summed E-state index contributed by atoms with van der Waals surface area (Å²) < 4.78 is 16.2. The molecule has 1 unspecified atom stereocenters. The van der Waals surface area contributed by atoms with Crippen molar-refractivity contribution in [1.82, 2.24) is 0 Å². The van der Waals surface area contributed by atoms with Gasteiger partial charge in [0.25, 0.3) is 11.6 Å². The van der Waals surface area contributed by atoms with Crippen LogP contribution in [-0.2, 0) is 6.61 Å². The Morgan fingerprint density at radius 3 is 2.48 bits per heavy atom. The molecule has 0 aliphatic carbocycles. The van der Waals surface area contributed by atoms with E-state index in [-0.39, 0.29) is 23.7 Å². The van der Waals surface area contributed by atoms with Crippen LogP contribution in [0, 0.1) is 10.1 Å². The van der Waals surface area contributed by atoms with Crippen LogP contribution in [-0.4, -0.2) is 17.9 Å². The van der Waals surface area contributed by atoms with Crippen LogP contribution in [0.4, 0.5) is 11.4 Å². The lowest BCUT2D eigenvalue weighted by atomic mass is 9.99. The first-order chi connectivity index (χ1) is 14.9. The van der Waals surface area contributed by atoms with Gasteiger partial charge in [-0.05, 0) is 54.3 Å². The number of furan rings is 1. The lowest BCUT2D eigenvalue weighted by Gasteiger charge is -2.10. The van der Waals surface area contributed by atoms with Crippen molar-refractivity contribution in [3.63, 3.8) is 0 Å². The van der Waals surface area contributed by atoms with E-state index in [9.17, 15) is 14.9 Å². The van der Waals surface area contributed by atoms with Gasteiger partial charge in [0.1, 0.15) is 29.6 Å². The van der Waals surface area contributed by atoms with Crippen molar-refractivity contribution < 1.29 is 23.6 Å². The number of methoxy groups -OCH3 is 1. The molecule has 8 nitrogen and oxygen atoms in total. The van der Waals surface area contributed by atoms with Crippen molar-refractivity contribution in [2.45, 2.75) is 32.8 Å². The van der Waals surface area contributed by atoms with Crippen molar-refractivity contribution in [2.75, 3.05) is 12.4 Å². The summed E-state index contributed by atoms with van der Waals surface area (Å²) in [7, 11) is 1.41. The molecule has 2 aromatic carbocycles. The average Bonchev–Trinajstić information content (AvgIpc) is 3.27. The number of carbonyl (C=O) groups is 1. The van der Waals surface area contributed by atoms with E-state index in [0.29, 0.717) is 23.2 Å². The van der Waals surface area contributed by atoms with E-state index < -0.39 is 10.8 Å². The second-order valence-electron chi connectivity index (χ2n) is 7.03. The Hall–Kier alpha value is -3.81. The van der Waals surface area contributed by atoms with Gasteiger partial charge < -0.3 is 19.2 Å². The number of anilines is 1. The van der Waals surface area contributed by atoms with Gasteiger partial charge in [0.2, 0.25) is 0 Å². The van der Waals surface area contributed by atoms with Crippen LogP contribution in [0.3, 0.4) is 0 Å². The molecule has 162 valence electrons. The van der Waals surface area contributed by atoms with Crippen molar-refractivity contribution in [2.24, 2.45) is 0 Å². The van der Waals surface area contributed by atoms with E-state index in [1.807, 2.05) is 24.3 Å². The van der Waals surface area contributed by atoms with Crippen LogP contribution in [0.2, 0.25) is 0 Å². The monoisotopic (exact) mass is 424 g/mol. The van der Waals surface area contributed by atoms with Crippen LogP contribution < -0.4 is 14.8 Å². The maximum atomic E-state index is 12.5. The largest absolute Gasteiger partial charge is 0.496 e. The fourth-order valence-electron chi connectivity index (χ4n) is 2.94. The Bertz CT molecular complexity index is 1060. The second-order valence-corrected chi connectivity index (χ2v) is 7.03. The smallest absolute Gasteiger partial charge is 0.296 e. The highest BCUT2D eigenvalue weighted by molar-refractivity contribution is 6.03. The molecule has 0 aliphatic heterocycles. The standard InChI is InChI=1S/C23H24N2O6/c1-4-15(2)16-5-7-17(8-6-16)30-14-19-10-12-22(31-19)23(26)24-20-11-9-18(29-3)13-21(20)25(27)28/h5-13,15H,4,14H2,1-3H3,(H,24,26). The third-order valence-corrected chi connectivity index (χ3v) is 4.98. The Balaban J connectivity index is 1.63. The number of amides is 1. The molecule has 1 amide bonds. The Kier molecular flexibility index (Phi) is 6.92. The van der Waals surface area contributed by atoms with Gasteiger partial charge in [0.15, 0.2) is 5.76 Å². The maximum Gasteiger partial charge on any atom is 0.296 e. The van der Waals surface area contributed by atoms with E-state index in [0.717, 1.165) is 6.42 Å². The average molecular weight is 424 g/mol. The van der Waals surface area contributed by atoms with Gasteiger partial charge in [-0.25, -0.2) is 0 Å². The second kappa shape index (κ2) is 9.80. The number of ether oxygens (including phenoxy) is 2. The molecule has 1 atom stereocenters. The Morgan fingerprint density at radius 1 is 1.13 bits per heavy atom. The molecule has 1 heterocycles. The molecule has 1 aromatic heterocycles. The molecule has 0 bridgehead atoms. The Morgan fingerprint density at radius 2 is 1.84 bits per heavy atom. The van der Waals surface area contributed by atoms with Crippen LogP contribution in [0.5, 0.6) is 11.5 Å². The molecular weight excluding hydrogens is 400 g/mol. The molecule has 31 heavy (non-hydrogen) atoms. The Labute approximate surface area is 179 Å². The zero-order valence-corrected chi connectivity index (χ0v) is 17.6. The highest BCUT2D eigenvalue weighted by atomic mass is 16.6. The van der Waals surface area contributed by atoms with E-state index in [4.69, 9.17) is 13.9 Å². The van der Waals surface area contributed by atoms with Gasteiger partial charge >= 0.3 is 0 Å². The summed E-state index contributed by atoms with van der Waals surface area (Å²) in [5.74, 6) is 1.39. The molecule has 0 saturated carbocycles. The minimum absolute atomic E-state index is 0.0239. The number of nitrogens with one attached hydrogen (secondary N) is 1. The predicted molar refractivity (Wildman–Crippen MR) is 116 cm³/mol. The van der Waals surface area contributed by atoms with Gasteiger partial charge in [-0.15, -0.1) is 0 Å². The summed E-state index contributed by atoms with van der Waals surface area (Å²) in [6.07, 6.45) is 1.07. The number of nitrogens with zero attached hydrogens (tertiary/aromatic N) is 1. The molecule has 8 heteroatoms. The highest BCUT2D eigenvalue weighted by Gasteiger charge is 2.19. The van der Waals surface area contributed by atoms with E-state index >= 15 is 0 Å². The summed E-state index contributed by atoms with van der Waals surface area (Å²) in [6, 6.07) is 15.2. The van der Waals surface area contributed by atoms with E-state index in [2.05, 4.69) is 19.2 Å². The van der Waals surface area contributed by atoms with Crippen molar-refractivity contribution in [3.05, 3.63) is 81.8 Å². The van der Waals surface area contributed by atoms with Gasteiger partial charge in [-0.1, -0.05) is 26.0 Å². The van der Waals surface area contributed by atoms with Crippen LogP contribution >= 0.6 is 0 Å². The van der Waals surface area contributed by atoms with Crippen LogP contribution in [0.25, 0.3) is 0 Å². The zero-order chi connectivity index (χ0) is 22.4. The molecule has 0 spiro atoms. The summed E-state index contributed by atoms with van der Waals surface area (Å²) >= 11 is 0. The third-order valence-electron chi connectivity index (χ3n) is 4.98. The fraction of sp³-hybridized carbons (Fsp3) is 0.261. The molecule has 3 rings (SSSR count). The van der Waals surface area contributed by atoms with E-state index in [1.54, 1.807) is 6.07 Å². The summed E-state index contributed by atoms with van der Waals surface area (Å²) in [5, 5.41) is 13.8. The highest BCUT2D eigenvalue weighted by Crippen LogP contribution is 2.29. The summed E-state index contributed by atoms with van der Waals surface area (Å²) in [6.45, 7) is 4.47. The van der Waals surface area contributed by atoms with Crippen molar-refractivity contribution in [1.29, 1.82) is 0 Å². The van der Waals surface area contributed by atoms with Gasteiger partial charge in [-0.3, -0.25) is 14.9 Å². The molecular formula is C23H24N2O6. The lowest BCUT2D eigenvalue weighted by molar-refractivity contribution is -0.384. The zero-order valence-electron chi connectivity index (χ0n) is 17.6. The predicted octanol–water partition coefficient (Wildman–Crippen LogP) is 5.54. The minimum Gasteiger partial charge on any atom is -0.496 e. The summed E-state index contributed by atoms with van der Waals surface area (Å²) in [5.41, 5.74) is 1.02. The number of benzene rings is 2. The molecule has 0 saturated heterocycles. The first-order valence-corrected chi connectivity index (χ1v) is 9.86. The van der Waals surface area contributed by atoms with Gasteiger partial charge in [-0.2, -0.15) is 0 Å². The fourth-order valence-corrected chi connectivity index (χ4v) is 2.94. The molecule has 1 N–H and O–H groups in total. The van der Waals surface area contributed by atoms with Crippen LogP contribution in [0.1, 0.15) is 48.1 Å². The number of rotatable bonds is 9. The number of carbonyl (C=O) groups excluding carboxylic acids is 1.